The minimum Gasteiger partial charge on any atom is -0.488 e. The Morgan fingerprint density at radius 3 is 3.05 bits per heavy atom. The van der Waals surface area contributed by atoms with Crippen LogP contribution >= 0.6 is 0 Å². The summed E-state index contributed by atoms with van der Waals surface area (Å²) in [4.78, 5) is 4.40. The molecule has 112 valence electrons. The van der Waals surface area contributed by atoms with Crippen LogP contribution in [0.3, 0.4) is 0 Å². The number of hydrogen-bond acceptors (Lipinski definition) is 4. The molecule has 0 saturated heterocycles. The van der Waals surface area contributed by atoms with Crippen molar-refractivity contribution in [1.29, 1.82) is 0 Å². The highest BCUT2D eigenvalue weighted by atomic mass is 16.5. The van der Waals surface area contributed by atoms with Gasteiger partial charge in [-0.3, -0.25) is 4.68 Å². The molecule has 0 spiro atoms. The van der Waals surface area contributed by atoms with Crippen LogP contribution in [0.25, 0.3) is 0 Å². The number of nitrogens with one attached hydrogen (secondary N) is 1. The van der Waals surface area contributed by atoms with Crippen LogP contribution in [0.15, 0.2) is 30.6 Å². The Labute approximate surface area is 125 Å². The summed E-state index contributed by atoms with van der Waals surface area (Å²) >= 11 is 0. The molecule has 21 heavy (non-hydrogen) atoms. The van der Waals surface area contributed by atoms with Crippen molar-refractivity contribution in [3.63, 3.8) is 0 Å². The second kappa shape index (κ2) is 6.26. The highest BCUT2D eigenvalue weighted by Gasteiger charge is 2.30. The molecule has 1 N–H and O–H groups in total. The molecule has 0 bridgehead atoms. The van der Waals surface area contributed by atoms with Gasteiger partial charge in [-0.15, -0.1) is 0 Å². The summed E-state index contributed by atoms with van der Waals surface area (Å²) < 4.78 is 8.08. The molecule has 1 aromatic carbocycles. The number of aromatic nitrogens is 3. The molecule has 2 heterocycles. The first-order valence-electron chi connectivity index (χ1n) is 7.60. The predicted molar refractivity (Wildman–Crippen MR) is 81.4 cm³/mol. The first kappa shape index (κ1) is 14.1. The minimum atomic E-state index is 0.152. The van der Waals surface area contributed by atoms with E-state index in [1.165, 1.54) is 5.56 Å². The monoisotopic (exact) mass is 286 g/mol. The van der Waals surface area contributed by atoms with Crippen LogP contribution < -0.4 is 10.1 Å². The number of hydrogen-bond donors (Lipinski definition) is 1. The molecule has 2 atom stereocenters. The van der Waals surface area contributed by atoms with E-state index >= 15 is 0 Å². The van der Waals surface area contributed by atoms with E-state index in [1.807, 2.05) is 23.9 Å². The van der Waals surface area contributed by atoms with Gasteiger partial charge in [0.25, 0.3) is 0 Å². The fourth-order valence-corrected chi connectivity index (χ4v) is 2.89. The molecular weight excluding hydrogens is 264 g/mol. The maximum atomic E-state index is 6.09. The van der Waals surface area contributed by atoms with Gasteiger partial charge in [0, 0.05) is 19.4 Å². The molecular formula is C16H22N4O. The van der Waals surface area contributed by atoms with Gasteiger partial charge in [0.15, 0.2) is 0 Å². The molecule has 0 aliphatic carbocycles. The van der Waals surface area contributed by atoms with Crippen molar-refractivity contribution < 1.29 is 4.74 Å². The van der Waals surface area contributed by atoms with E-state index in [0.29, 0.717) is 0 Å². The van der Waals surface area contributed by atoms with Crippen molar-refractivity contribution in [2.75, 3.05) is 7.05 Å². The van der Waals surface area contributed by atoms with Gasteiger partial charge in [-0.25, -0.2) is 4.98 Å². The molecule has 1 aliphatic heterocycles. The van der Waals surface area contributed by atoms with E-state index in [0.717, 1.165) is 37.4 Å². The summed E-state index contributed by atoms with van der Waals surface area (Å²) in [6.07, 6.45) is 4.63. The van der Waals surface area contributed by atoms with Gasteiger partial charge >= 0.3 is 0 Å². The number of para-hydroxylation sites is 1. The van der Waals surface area contributed by atoms with Gasteiger partial charge in [-0.05, 0) is 25.1 Å². The van der Waals surface area contributed by atoms with Gasteiger partial charge in [-0.1, -0.05) is 25.1 Å². The number of nitrogens with zero attached hydrogens (tertiary/aromatic N) is 3. The Bertz CT molecular complexity index is 570. The summed E-state index contributed by atoms with van der Waals surface area (Å²) in [5, 5.41) is 7.68. The zero-order valence-corrected chi connectivity index (χ0v) is 12.6. The summed E-state index contributed by atoms with van der Waals surface area (Å²) in [6, 6.07) is 8.50. The molecule has 2 aromatic rings. The molecule has 3 rings (SSSR count). The summed E-state index contributed by atoms with van der Waals surface area (Å²) in [6.45, 7) is 3.06. The molecule has 5 heteroatoms. The average Bonchev–Trinajstić information content (AvgIpc) is 3.11. The third-order valence-corrected chi connectivity index (χ3v) is 4.03. The SMILES string of the molecule is CCCn1ncnc1CC(NC)C1Cc2ccccc2O1. The van der Waals surface area contributed by atoms with E-state index < -0.39 is 0 Å². The van der Waals surface area contributed by atoms with Gasteiger partial charge in [0.1, 0.15) is 24.0 Å². The quantitative estimate of drug-likeness (QED) is 0.880. The number of ether oxygens (including phenoxy) is 1. The van der Waals surface area contributed by atoms with Crippen molar-refractivity contribution in [2.45, 2.75) is 44.9 Å². The first-order chi connectivity index (χ1) is 10.3. The average molecular weight is 286 g/mol. The van der Waals surface area contributed by atoms with Crippen molar-refractivity contribution in [3.05, 3.63) is 42.0 Å². The molecule has 0 fully saturated rings. The van der Waals surface area contributed by atoms with Crippen LogP contribution in [0, 0.1) is 0 Å². The number of fused-ring (bicyclic) bond motifs is 1. The van der Waals surface area contributed by atoms with E-state index in [9.17, 15) is 0 Å². The Morgan fingerprint density at radius 2 is 2.29 bits per heavy atom. The highest BCUT2D eigenvalue weighted by Crippen LogP contribution is 2.30. The first-order valence-corrected chi connectivity index (χ1v) is 7.60. The smallest absolute Gasteiger partial charge is 0.138 e. The van der Waals surface area contributed by atoms with Gasteiger partial charge in [0.2, 0.25) is 0 Å². The third kappa shape index (κ3) is 2.93. The summed E-state index contributed by atoms with van der Waals surface area (Å²) in [7, 11) is 1.98. The second-order valence-corrected chi connectivity index (χ2v) is 5.47. The molecule has 0 saturated carbocycles. The Morgan fingerprint density at radius 1 is 1.43 bits per heavy atom. The topological polar surface area (TPSA) is 52.0 Å². The highest BCUT2D eigenvalue weighted by molar-refractivity contribution is 5.37. The minimum absolute atomic E-state index is 0.152. The predicted octanol–water partition coefficient (Wildman–Crippen LogP) is 1.82. The molecule has 1 aromatic heterocycles. The van der Waals surface area contributed by atoms with Crippen LogP contribution in [0.1, 0.15) is 24.7 Å². The van der Waals surface area contributed by atoms with Gasteiger partial charge in [0.05, 0.1) is 6.04 Å². The normalized spacial score (nSPS) is 18.3. The molecule has 0 amide bonds. The van der Waals surface area contributed by atoms with Crippen LogP contribution in [0.2, 0.25) is 0 Å². The standard InChI is InChI=1S/C16H22N4O/c1-3-8-20-16(18-11-19-20)10-13(17-2)15-9-12-6-4-5-7-14(12)21-15/h4-7,11,13,15,17H,3,8-10H2,1-2H3. The van der Waals surface area contributed by atoms with E-state index in [1.54, 1.807) is 6.33 Å². The Balaban J connectivity index is 1.70. The number of aryl methyl sites for hydroxylation is 1. The summed E-state index contributed by atoms with van der Waals surface area (Å²) in [5.41, 5.74) is 1.29. The van der Waals surface area contributed by atoms with Crippen molar-refractivity contribution in [3.8, 4) is 5.75 Å². The van der Waals surface area contributed by atoms with E-state index in [-0.39, 0.29) is 12.1 Å². The molecule has 2 unspecified atom stereocenters. The van der Waals surface area contributed by atoms with Crippen LogP contribution in [0.5, 0.6) is 5.75 Å². The largest absolute Gasteiger partial charge is 0.488 e. The zero-order chi connectivity index (χ0) is 14.7. The zero-order valence-electron chi connectivity index (χ0n) is 12.6. The third-order valence-electron chi connectivity index (χ3n) is 4.03. The van der Waals surface area contributed by atoms with E-state index in [2.05, 4.69) is 34.5 Å². The summed E-state index contributed by atoms with van der Waals surface area (Å²) in [5.74, 6) is 2.04. The van der Waals surface area contributed by atoms with Gasteiger partial charge < -0.3 is 10.1 Å². The molecule has 1 aliphatic rings. The fraction of sp³-hybridized carbons (Fsp3) is 0.500. The number of likely N-dealkylation sites (N-methyl/N-ethyl adjacent to an activating group) is 1. The lowest BCUT2D eigenvalue weighted by atomic mass is 10.0. The lowest BCUT2D eigenvalue weighted by molar-refractivity contribution is 0.180. The van der Waals surface area contributed by atoms with Crippen LogP contribution in [-0.4, -0.2) is 34.0 Å². The maximum absolute atomic E-state index is 6.09. The fourth-order valence-electron chi connectivity index (χ4n) is 2.89. The maximum Gasteiger partial charge on any atom is 0.138 e. The molecule has 5 nitrogen and oxygen atoms in total. The van der Waals surface area contributed by atoms with Crippen molar-refractivity contribution in [2.24, 2.45) is 0 Å². The number of rotatable bonds is 6. The lowest BCUT2D eigenvalue weighted by Gasteiger charge is -2.22. The Hall–Kier alpha value is -1.88. The Kier molecular flexibility index (Phi) is 4.20. The van der Waals surface area contributed by atoms with Gasteiger partial charge in [-0.2, -0.15) is 5.10 Å². The second-order valence-electron chi connectivity index (χ2n) is 5.47. The van der Waals surface area contributed by atoms with Crippen molar-refractivity contribution >= 4 is 0 Å². The van der Waals surface area contributed by atoms with Crippen molar-refractivity contribution in [1.82, 2.24) is 20.1 Å². The lowest BCUT2D eigenvalue weighted by Crippen LogP contribution is -2.42. The van der Waals surface area contributed by atoms with E-state index in [4.69, 9.17) is 4.74 Å². The van der Waals surface area contributed by atoms with Crippen LogP contribution in [0.4, 0.5) is 0 Å². The number of benzene rings is 1. The molecule has 0 radical (unpaired) electrons. The van der Waals surface area contributed by atoms with Crippen LogP contribution in [-0.2, 0) is 19.4 Å².